The Labute approximate surface area is 164 Å². The van der Waals surface area contributed by atoms with Gasteiger partial charge < -0.3 is 14.4 Å². The van der Waals surface area contributed by atoms with E-state index in [0.717, 1.165) is 43.7 Å². The van der Waals surface area contributed by atoms with Crippen molar-refractivity contribution in [3.63, 3.8) is 0 Å². The van der Waals surface area contributed by atoms with Gasteiger partial charge in [0.1, 0.15) is 11.4 Å². The highest BCUT2D eigenvalue weighted by molar-refractivity contribution is 6.30. The van der Waals surface area contributed by atoms with Gasteiger partial charge in [0.15, 0.2) is 0 Å². The Bertz CT molecular complexity index is 860. The Morgan fingerprint density at radius 3 is 2.59 bits per heavy atom. The zero-order valence-corrected chi connectivity index (χ0v) is 16.0. The summed E-state index contributed by atoms with van der Waals surface area (Å²) in [5.41, 5.74) is 2.45. The van der Waals surface area contributed by atoms with Crippen LogP contribution in [0.2, 0.25) is 5.02 Å². The van der Waals surface area contributed by atoms with E-state index in [1.165, 1.54) is 5.70 Å². The first-order valence-corrected chi connectivity index (χ1v) is 9.53. The Morgan fingerprint density at radius 2 is 1.89 bits per heavy atom. The van der Waals surface area contributed by atoms with Gasteiger partial charge in [-0.2, -0.15) is 0 Å². The molecule has 1 unspecified atom stereocenters. The van der Waals surface area contributed by atoms with Crippen LogP contribution in [0.1, 0.15) is 35.2 Å². The number of hydrogen-bond donors (Lipinski definition) is 0. The molecule has 2 aromatic carbocycles. The zero-order chi connectivity index (χ0) is 18.9. The van der Waals surface area contributed by atoms with Crippen molar-refractivity contribution in [2.45, 2.75) is 24.9 Å². The molecule has 0 spiro atoms. The highest BCUT2D eigenvalue weighted by atomic mass is 35.5. The van der Waals surface area contributed by atoms with Crippen molar-refractivity contribution in [3.8, 4) is 5.75 Å². The number of carbonyl (C=O) groups is 1. The van der Waals surface area contributed by atoms with Crippen molar-refractivity contribution in [2.24, 2.45) is 0 Å². The summed E-state index contributed by atoms with van der Waals surface area (Å²) in [7, 11) is 1.66. The maximum atomic E-state index is 12.6. The number of fused-ring (bicyclic) bond motifs is 2. The van der Waals surface area contributed by atoms with E-state index < -0.39 is 5.60 Å². The van der Waals surface area contributed by atoms with Crippen LogP contribution < -0.4 is 4.74 Å². The second-order valence-corrected chi connectivity index (χ2v) is 7.63. The van der Waals surface area contributed by atoms with Gasteiger partial charge in [-0.15, -0.1) is 0 Å². The number of ether oxygens (including phenoxy) is 2. The van der Waals surface area contributed by atoms with E-state index in [4.69, 9.17) is 21.1 Å². The van der Waals surface area contributed by atoms with Crippen LogP contribution in [0.3, 0.4) is 0 Å². The summed E-state index contributed by atoms with van der Waals surface area (Å²) in [5, 5.41) is 0.610. The number of esters is 1. The van der Waals surface area contributed by atoms with Gasteiger partial charge in [0.2, 0.25) is 0 Å². The number of halogens is 1. The van der Waals surface area contributed by atoms with Gasteiger partial charge >= 0.3 is 5.97 Å². The largest absolute Gasteiger partial charge is 0.497 e. The third-order valence-electron chi connectivity index (χ3n) is 5.29. The Kier molecular flexibility index (Phi) is 4.83. The second-order valence-electron chi connectivity index (χ2n) is 7.19. The van der Waals surface area contributed by atoms with Crippen molar-refractivity contribution < 1.29 is 14.3 Å². The fourth-order valence-corrected chi connectivity index (χ4v) is 4.05. The molecule has 0 radical (unpaired) electrons. The molecule has 0 aromatic heterocycles. The molecular formula is C22H22ClNO3. The van der Waals surface area contributed by atoms with Crippen LogP contribution in [0.4, 0.5) is 0 Å². The summed E-state index contributed by atoms with van der Waals surface area (Å²) in [4.78, 5) is 15.0. The van der Waals surface area contributed by atoms with Gasteiger partial charge in [0.25, 0.3) is 0 Å². The van der Waals surface area contributed by atoms with Gasteiger partial charge in [0.05, 0.1) is 19.2 Å². The Hall–Kier alpha value is -2.46. The topological polar surface area (TPSA) is 38.8 Å². The van der Waals surface area contributed by atoms with Gasteiger partial charge in [-0.3, -0.25) is 0 Å². The van der Waals surface area contributed by atoms with Crippen LogP contribution in [-0.2, 0) is 4.74 Å². The first-order chi connectivity index (χ1) is 13.1. The number of methoxy groups -OCH3 is 1. The molecule has 4 nitrogen and oxygen atoms in total. The normalized spacial score (nSPS) is 22.7. The van der Waals surface area contributed by atoms with Crippen LogP contribution in [0.15, 0.2) is 54.2 Å². The molecule has 2 heterocycles. The SMILES string of the molecule is COc1ccc(/C=C2\CC3(OC(=O)c4ccc(Cl)cc4)CCCN2C3)cc1. The predicted molar refractivity (Wildman–Crippen MR) is 106 cm³/mol. The predicted octanol–water partition coefficient (Wildman–Crippen LogP) is 4.78. The highest BCUT2D eigenvalue weighted by Crippen LogP contribution is 2.42. The molecule has 0 amide bonds. The average Bonchev–Trinajstić information content (AvgIpc) is 2.91. The molecule has 2 fully saturated rings. The number of nitrogens with zero attached hydrogens (tertiary/aromatic N) is 1. The lowest BCUT2D eigenvalue weighted by atomic mass is 9.94. The minimum absolute atomic E-state index is 0.279. The Balaban J connectivity index is 1.52. The molecule has 4 rings (SSSR count). The monoisotopic (exact) mass is 383 g/mol. The lowest BCUT2D eigenvalue weighted by Gasteiger charge is -2.33. The second kappa shape index (κ2) is 7.28. The van der Waals surface area contributed by atoms with Gasteiger partial charge in [-0.1, -0.05) is 23.7 Å². The molecule has 0 aliphatic carbocycles. The lowest BCUT2D eigenvalue weighted by Crippen LogP contribution is -2.42. The van der Waals surface area contributed by atoms with E-state index >= 15 is 0 Å². The first kappa shape index (κ1) is 17.9. The summed E-state index contributed by atoms with van der Waals surface area (Å²) in [6.45, 7) is 1.76. The molecule has 2 saturated heterocycles. The molecule has 0 saturated carbocycles. The first-order valence-electron chi connectivity index (χ1n) is 9.15. The van der Waals surface area contributed by atoms with Crippen LogP contribution in [0.25, 0.3) is 6.08 Å². The molecule has 2 aliphatic heterocycles. The van der Waals surface area contributed by atoms with Gasteiger partial charge in [0, 0.05) is 23.7 Å². The quantitative estimate of drug-likeness (QED) is 0.712. The molecule has 140 valence electrons. The third kappa shape index (κ3) is 3.81. The fourth-order valence-electron chi connectivity index (χ4n) is 3.93. The van der Waals surface area contributed by atoms with Crippen LogP contribution >= 0.6 is 11.6 Å². The summed E-state index contributed by atoms with van der Waals surface area (Å²) < 4.78 is 11.2. The lowest BCUT2D eigenvalue weighted by molar-refractivity contribution is -0.0270. The van der Waals surface area contributed by atoms with E-state index in [2.05, 4.69) is 11.0 Å². The van der Waals surface area contributed by atoms with Crippen LogP contribution in [0.5, 0.6) is 5.75 Å². The summed E-state index contributed by atoms with van der Waals surface area (Å²) in [6, 6.07) is 14.9. The van der Waals surface area contributed by atoms with E-state index in [0.29, 0.717) is 10.6 Å². The number of carbonyl (C=O) groups excluding carboxylic acids is 1. The zero-order valence-electron chi connectivity index (χ0n) is 15.3. The summed E-state index contributed by atoms with van der Waals surface area (Å²) in [6.07, 6.45) is 4.84. The molecule has 2 bridgehead atoms. The van der Waals surface area contributed by atoms with Crippen molar-refractivity contribution in [3.05, 3.63) is 70.4 Å². The summed E-state index contributed by atoms with van der Waals surface area (Å²) >= 11 is 5.91. The number of benzene rings is 2. The Morgan fingerprint density at radius 1 is 1.15 bits per heavy atom. The van der Waals surface area contributed by atoms with Crippen LogP contribution in [-0.4, -0.2) is 36.7 Å². The van der Waals surface area contributed by atoms with Crippen molar-refractivity contribution in [2.75, 3.05) is 20.2 Å². The highest BCUT2D eigenvalue weighted by Gasteiger charge is 2.46. The maximum Gasteiger partial charge on any atom is 0.338 e. The molecule has 5 heteroatoms. The smallest absolute Gasteiger partial charge is 0.338 e. The molecule has 2 aliphatic rings. The molecule has 27 heavy (non-hydrogen) atoms. The van der Waals surface area contributed by atoms with Crippen LogP contribution in [0, 0.1) is 0 Å². The number of piperidine rings is 1. The minimum atomic E-state index is -0.437. The number of hydrogen-bond acceptors (Lipinski definition) is 4. The third-order valence-corrected chi connectivity index (χ3v) is 5.54. The van der Waals surface area contributed by atoms with Crippen molar-refractivity contribution in [1.29, 1.82) is 0 Å². The molecule has 1 atom stereocenters. The van der Waals surface area contributed by atoms with E-state index in [-0.39, 0.29) is 5.97 Å². The van der Waals surface area contributed by atoms with E-state index in [1.807, 2.05) is 24.3 Å². The number of rotatable bonds is 4. The molecule has 0 N–H and O–H groups in total. The van der Waals surface area contributed by atoms with E-state index in [9.17, 15) is 4.79 Å². The van der Waals surface area contributed by atoms with Crippen molar-refractivity contribution >= 4 is 23.6 Å². The van der Waals surface area contributed by atoms with Crippen molar-refractivity contribution in [1.82, 2.24) is 4.90 Å². The van der Waals surface area contributed by atoms with E-state index in [1.54, 1.807) is 31.4 Å². The standard InChI is InChI=1S/C22H22ClNO3/c1-26-20-9-3-16(4-10-20)13-19-14-22(11-2-12-24(19)15-22)27-21(25)17-5-7-18(23)8-6-17/h3-10,13H,2,11-12,14-15H2,1H3/b19-13+. The molecule has 2 aromatic rings. The average molecular weight is 384 g/mol. The van der Waals surface area contributed by atoms with Gasteiger partial charge in [-0.25, -0.2) is 4.79 Å². The van der Waals surface area contributed by atoms with Gasteiger partial charge in [-0.05, 0) is 60.9 Å². The fraction of sp³-hybridized carbons (Fsp3) is 0.318. The minimum Gasteiger partial charge on any atom is -0.497 e. The summed E-state index contributed by atoms with van der Waals surface area (Å²) in [5.74, 6) is 0.565. The molecular weight excluding hydrogens is 362 g/mol. The maximum absolute atomic E-state index is 12.6.